The predicted molar refractivity (Wildman–Crippen MR) is 197 cm³/mol. The van der Waals surface area contributed by atoms with Crippen molar-refractivity contribution in [3.05, 3.63) is 108 Å². The maximum Gasteiger partial charge on any atom is 0.248 e. The highest BCUT2D eigenvalue weighted by Gasteiger charge is 2.31. The number of hydrogen-bond donors (Lipinski definition) is 4. The summed E-state index contributed by atoms with van der Waals surface area (Å²) in [6, 6.07) is 31.1. The highest BCUT2D eigenvalue weighted by molar-refractivity contribution is 5.95. The molecule has 48 heavy (non-hydrogen) atoms. The van der Waals surface area contributed by atoms with Crippen molar-refractivity contribution in [2.24, 2.45) is 11.7 Å². The summed E-state index contributed by atoms with van der Waals surface area (Å²) in [4.78, 5) is 31.4. The third-order valence-electron chi connectivity index (χ3n) is 8.65. The summed E-state index contributed by atoms with van der Waals surface area (Å²) < 4.78 is 0. The Balaban J connectivity index is 1.31. The highest BCUT2D eigenvalue weighted by atomic mass is 16.1. The second kappa shape index (κ2) is 15.0. The Morgan fingerprint density at radius 2 is 1.62 bits per heavy atom. The number of primary amides is 1. The number of fused-ring (bicyclic) bond motifs is 1. The molecular weight excluding hydrogens is 598 g/mol. The number of anilines is 5. The van der Waals surface area contributed by atoms with Crippen LogP contribution < -0.4 is 31.5 Å². The summed E-state index contributed by atoms with van der Waals surface area (Å²) >= 11 is 0. The molecule has 1 fully saturated rings. The molecule has 1 amide bonds. The molecule has 2 heterocycles. The lowest BCUT2D eigenvalue weighted by molar-refractivity contribution is 0.100. The number of nitrogens with two attached hydrogens (primary N) is 1. The molecule has 6 rings (SSSR count). The molecule has 248 valence electrons. The fraction of sp³-hybridized carbons (Fsp3) is 0.316. The van der Waals surface area contributed by atoms with E-state index >= 15 is 0 Å². The van der Waals surface area contributed by atoms with Crippen LogP contribution in [0, 0.1) is 5.92 Å². The molecule has 10 heteroatoms. The Kier molecular flexibility index (Phi) is 10.2. The largest absolute Gasteiger partial charge is 0.383 e. The van der Waals surface area contributed by atoms with E-state index in [1.807, 2.05) is 31.2 Å². The van der Waals surface area contributed by atoms with E-state index in [1.54, 1.807) is 0 Å². The lowest BCUT2D eigenvalue weighted by Crippen LogP contribution is -2.55. The van der Waals surface area contributed by atoms with Crippen molar-refractivity contribution in [2.75, 3.05) is 58.5 Å². The zero-order valence-electron chi connectivity index (χ0n) is 28.0. The van der Waals surface area contributed by atoms with Gasteiger partial charge in [0.25, 0.3) is 0 Å². The maximum atomic E-state index is 12.1. The lowest BCUT2D eigenvalue weighted by Gasteiger charge is -2.43. The molecule has 10 nitrogen and oxygen atoms in total. The van der Waals surface area contributed by atoms with Crippen LogP contribution in [0.2, 0.25) is 0 Å². The van der Waals surface area contributed by atoms with Gasteiger partial charge >= 0.3 is 0 Å². The molecular formula is C38H45N9O. The minimum absolute atomic E-state index is 0.0673. The van der Waals surface area contributed by atoms with Gasteiger partial charge in [0.15, 0.2) is 0 Å². The second-order valence-corrected chi connectivity index (χ2v) is 12.7. The first-order valence-corrected chi connectivity index (χ1v) is 16.8. The van der Waals surface area contributed by atoms with Crippen LogP contribution in [0.25, 0.3) is 10.8 Å². The van der Waals surface area contributed by atoms with Crippen LogP contribution in [-0.4, -0.2) is 59.6 Å². The second-order valence-electron chi connectivity index (χ2n) is 12.7. The van der Waals surface area contributed by atoms with E-state index in [0.717, 1.165) is 37.4 Å². The number of nitrogens with one attached hydrogen (secondary N) is 3. The van der Waals surface area contributed by atoms with Crippen molar-refractivity contribution in [3.63, 3.8) is 0 Å². The van der Waals surface area contributed by atoms with Gasteiger partial charge in [0, 0.05) is 44.8 Å². The topological polar surface area (TPSA) is 124 Å². The monoisotopic (exact) mass is 643 g/mol. The number of carbonyl (C=O) groups is 1. The molecule has 1 atom stereocenters. The van der Waals surface area contributed by atoms with Crippen molar-refractivity contribution < 1.29 is 4.79 Å². The van der Waals surface area contributed by atoms with E-state index in [2.05, 4.69) is 106 Å². The van der Waals surface area contributed by atoms with Gasteiger partial charge in [-0.3, -0.25) is 4.79 Å². The fourth-order valence-electron chi connectivity index (χ4n) is 6.25. The van der Waals surface area contributed by atoms with Crippen molar-refractivity contribution in [3.8, 4) is 0 Å². The van der Waals surface area contributed by atoms with Gasteiger partial charge in [0.2, 0.25) is 23.8 Å². The summed E-state index contributed by atoms with van der Waals surface area (Å²) in [6.07, 6.45) is 0.812. The molecule has 4 aromatic carbocycles. The minimum Gasteiger partial charge on any atom is -0.383 e. The molecule has 1 aliphatic rings. The Morgan fingerprint density at radius 3 is 2.40 bits per heavy atom. The van der Waals surface area contributed by atoms with Crippen molar-refractivity contribution >= 4 is 45.9 Å². The summed E-state index contributed by atoms with van der Waals surface area (Å²) in [5.41, 5.74) is 10.6. The number of piperazine rings is 1. The number of aromatic nitrogens is 3. The first-order chi connectivity index (χ1) is 23.4. The molecule has 1 aliphatic heterocycles. The van der Waals surface area contributed by atoms with Crippen LogP contribution in [0.4, 0.5) is 29.2 Å². The molecule has 1 saturated heterocycles. The average Bonchev–Trinajstić information content (AvgIpc) is 3.10. The molecule has 0 aliphatic carbocycles. The Morgan fingerprint density at radius 1 is 0.875 bits per heavy atom. The van der Waals surface area contributed by atoms with Crippen LogP contribution >= 0.6 is 0 Å². The van der Waals surface area contributed by atoms with E-state index in [-0.39, 0.29) is 6.04 Å². The quantitative estimate of drug-likeness (QED) is 0.119. The molecule has 1 aromatic heterocycles. The Labute approximate surface area is 282 Å². The predicted octanol–water partition coefficient (Wildman–Crippen LogP) is 6.17. The maximum absolute atomic E-state index is 12.1. The van der Waals surface area contributed by atoms with Crippen LogP contribution in [0.15, 0.2) is 91.0 Å². The fourth-order valence-corrected chi connectivity index (χ4v) is 6.25. The first-order valence-electron chi connectivity index (χ1n) is 16.8. The third kappa shape index (κ3) is 7.76. The third-order valence-corrected chi connectivity index (χ3v) is 8.65. The number of nitrogens with zero attached hydrogens (tertiary/aromatic N) is 5. The summed E-state index contributed by atoms with van der Waals surface area (Å²) in [5.74, 6) is 1.73. The average molecular weight is 644 g/mol. The number of amides is 1. The lowest BCUT2D eigenvalue weighted by atomic mass is 10.0. The first kappa shape index (κ1) is 32.6. The van der Waals surface area contributed by atoms with E-state index in [9.17, 15) is 4.79 Å². The molecule has 1 unspecified atom stereocenters. The summed E-state index contributed by atoms with van der Waals surface area (Å²) in [7, 11) is 0. The Hall–Kier alpha value is -5.38. The Bertz CT molecular complexity index is 1840. The summed E-state index contributed by atoms with van der Waals surface area (Å²) in [6.45, 7) is 10.6. The van der Waals surface area contributed by atoms with Gasteiger partial charge in [-0.2, -0.15) is 15.0 Å². The number of benzene rings is 4. The molecule has 0 saturated carbocycles. The van der Waals surface area contributed by atoms with Gasteiger partial charge in [-0.25, -0.2) is 0 Å². The molecule has 0 radical (unpaired) electrons. The van der Waals surface area contributed by atoms with E-state index in [0.29, 0.717) is 49.0 Å². The van der Waals surface area contributed by atoms with Gasteiger partial charge in [0.1, 0.15) is 0 Å². The minimum atomic E-state index is -0.433. The summed E-state index contributed by atoms with van der Waals surface area (Å²) in [5, 5.41) is 12.8. The molecule has 5 N–H and O–H groups in total. The van der Waals surface area contributed by atoms with Crippen molar-refractivity contribution in [2.45, 2.75) is 39.8 Å². The smallest absolute Gasteiger partial charge is 0.248 e. The SMILES string of the molecule is CCNc1nc(NCc2cccc3ccccc23)nc(N2CCN(c3ccc(C(N)=O)cc3NCC(C)C)CC2Cc2ccccc2)n1. The zero-order valence-corrected chi connectivity index (χ0v) is 28.0. The zero-order chi connectivity index (χ0) is 33.5. The number of rotatable bonds is 13. The molecule has 0 spiro atoms. The van der Waals surface area contributed by atoms with Crippen LogP contribution in [0.1, 0.15) is 42.3 Å². The van der Waals surface area contributed by atoms with Crippen LogP contribution in [0.5, 0.6) is 0 Å². The van der Waals surface area contributed by atoms with Crippen LogP contribution in [0.3, 0.4) is 0 Å². The van der Waals surface area contributed by atoms with Gasteiger partial charge in [0.05, 0.1) is 17.4 Å². The van der Waals surface area contributed by atoms with Gasteiger partial charge in [-0.05, 0) is 59.4 Å². The molecule has 0 bridgehead atoms. The van der Waals surface area contributed by atoms with E-state index in [4.69, 9.17) is 20.7 Å². The van der Waals surface area contributed by atoms with Crippen molar-refractivity contribution in [1.82, 2.24) is 15.0 Å². The van der Waals surface area contributed by atoms with E-state index < -0.39 is 5.91 Å². The number of carbonyl (C=O) groups excluding carboxylic acids is 1. The highest BCUT2D eigenvalue weighted by Crippen LogP contribution is 2.32. The van der Waals surface area contributed by atoms with Gasteiger partial charge in [-0.15, -0.1) is 0 Å². The van der Waals surface area contributed by atoms with Crippen LogP contribution in [-0.2, 0) is 13.0 Å². The normalized spacial score (nSPS) is 14.7. The standard InChI is InChI=1S/C38H45N9O/c1-4-40-36-43-37(42-24-30-15-10-14-28-13-8-9-16-32(28)30)45-38(44-36)47-20-19-46(25-31(47)21-27-11-6-5-7-12-27)34-18-17-29(35(39)48)22-33(34)41-23-26(2)3/h5-18,22,26,31,41H,4,19-21,23-25H2,1-3H3,(H2,39,48)(H2,40,42,43,44,45). The molecule has 5 aromatic rings. The van der Waals surface area contributed by atoms with Gasteiger partial charge in [-0.1, -0.05) is 86.6 Å². The van der Waals surface area contributed by atoms with Gasteiger partial charge < -0.3 is 31.5 Å². The van der Waals surface area contributed by atoms with Crippen molar-refractivity contribution in [1.29, 1.82) is 0 Å². The number of hydrogen-bond acceptors (Lipinski definition) is 9. The van der Waals surface area contributed by atoms with E-state index in [1.165, 1.54) is 21.9 Å².